The number of hydrogen-bond acceptors (Lipinski definition) is 5. The van der Waals surface area contributed by atoms with Crippen LogP contribution in [0.25, 0.3) is 11.4 Å². The van der Waals surface area contributed by atoms with Crippen molar-refractivity contribution in [1.82, 2.24) is 15.0 Å². The van der Waals surface area contributed by atoms with E-state index in [1.54, 1.807) is 6.07 Å². The van der Waals surface area contributed by atoms with Gasteiger partial charge in [0, 0.05) is 11.3 Å². The number of para-hydroxylation sites is 1. The van der Waals surface area contributed by atoms with Crippen molar-refractivity contribution in [3.8, 4) is 11.4 Å². The van der Waals surface area contributed by atoms with Crippen molar-refractivity contribution in [2.45, 2.75) is 0 Å². The molecule has 0 radical (unpaired) electrons. The monoisotopic (exact) mass is 187 g/mol. The summed E-state index contributed by atoms with van der Waals surface area (Å²) >= 11 is 0. The van der Waals surface area contributed by atoms with Crippen molar-refractivity contribution in [1.29, 1.82) is 0 Å². The molecule has 0 saturated carbocycles. The summed E-state index contributed by atoms with van der Waals surface area (Å²) < 4.78 is 0. The summed E-state index contributed by atoms with van der Waals surface area (Å²) in [5.41, 5.74) is 12.6. The van der Waals surface area contributed by atoms with Gasteiger partial charge >= 0.3 is 0 Å². The van der Waals surface area contributed by atoms with Crippen LogP contribution in [-0.4, -0.2) is 15.0 Å². The summed E-state index contributed by atoms with van der Waals surface area (Å²) in [4.78, 5) is 11.7. The molecule has 0 bridgehead atoms. The lowest BCUT2D eigenvalue weighted by Gasteiger charge is -2.02. The fourth-order valence-electron chi connectivity index (χ4n) is 1.14. The maximum atomic E-state index is 5.76. The van der Waals surface area contributed by atoms with Gasteiger partial charge in [-0.05, 0) is 12.1 Å². The number of nitrogen functional groups attached to an aromatic ring is 2. The fourth-order valence-corrected chi connectivity index (χ4v) is 1.14. The van der Waals surface area contributed by atoms with Crippen LogP contribution in [0.3, 0.4) is 0 Å². The Morgan fingerprint density at radius 1 is 1.00 bits per heavy atom. The predicted octanol–water partition coefficient (Wildman–Crippen LogP) is 0.703. The van der Waals surface area contributed by atoms with Gasteiger partial charge in [0.1, 0.15) is 6.33 Å². The number of nitrogens with zero attached hydrogens (tertiary/aromatic N) is 3. The summed E-state index contributed by atoms with van der Waals surface area (Å²) in [6, 6.07) is 7.34. The summed E-state index contributed by atoms with van der Waals surface area (Å²) in [6.07, 6.45) is 1.37. The number of hydrogen-bond donors (Lipinski definition) is 2. The molecule has 0 spiro atoms. The molecule has 5 nitrogen and oxygen atoms in total. The van der Waals surface area contributed by atoms with Gasteiger partial charge in [-0.15, -0.1) is 0 Å². The SMILES string of the molecule is Nc1ncnc(-c2ccccc2N)n1. The number of benzene rings is 1. The molecule has 0 fully saturated rings. The summed E-state index contributed by atoms with van der Waals surface area (Å²) in [5.74, 6) is 0.689. The normalized spacial score (nSPS) is 10.0. The summed E-state index contributed by atoms with van der Waals surface area (Å²) in [5, 5.41) is 0. The molecule has 0 saturated heterocycles. The van der Waals surface area contributed by atoms with Crippen LogP contribution >= 0.6 is 0 Å². The van der Waals surface area contributed by atoms with E-state index in [-0.39, 0.29) is 5.95 Å². The number of nitrogens with two attached hydrogens (primary N) is 2. The van der Waals surface area contributed by atoms with Crippen LogP contribution < -0.4 is 11.5 Å². The third kappa shape index (κ3) is 1.47. The third-order valence-corrected chi connectivity index (χ3v) is 1.79. The molecule has 0 amide bonds. The van der Waals surface area contributed by atoms with Crippen molar-refractivity contribution < 1.29 is 0 Å². The average Bonchev–Trinajstić information content (AvgIpc) is 2.18. The maximum absolute atomic E-state index is 5.76. The second-order valence-electron chi connectivity index (χ2n) is 2.75. The zero-order valence-electron chi connectivity index (χ0n) is 7.38. The Kier molecular flexibility index (Phi) is 1.98. The molecule has 0 atom stereocenters. The zero-order chi connectivity index (χ0) is 9.97. The topological polar surface area (TPSA) is 90.7 Å². The van der Waals surface area contributed by atoms with E-state index in [2.05, 4.69) is 15.0 Å². The number of anilines is 2. The van der Waals surface area contributed by atoms with Crippen molar-refractivity contribution in [3.63, 3.8) is 0 Å². The lowest BCUT2D eigenvalue weighted by Crippen LogP contribution is -1.99. The van der Waals surface area contributed by atoms with E-state index >= 15 is 0 Å². The number of rotatable bonds is 1. The molecule has 5 heteroatoms. The molecule has 0 unspecified atom stereocenters. The predicted molar refractivity (Wildman–Crippen MR) is 54.1 cm³/mol. The van der Waals surface area contributed by atoms with Crippen LogP contribution in [0, 0.1) is 0 Å². The first-order valence-electron chi connectivity index (χ1n) is 4.07. The molecular formula is C9H9N5. The van der Waals surface area contributed by atoms with Gasteiger partial charge in [0.2, 0.25) is 5.95 Å². The molecule has 2 rings (SSSR count). The van der Waals surface area contributed by atoms with Crippen LogP contribution in [0.4, 0.5) is 11.6 Å². The van der Waals surface area contributed by atoms with Crippen LogP contribution in [-0.2, 0) is 0 Å². The minimum Gasteiger partial charge on any atom is -0.398 e. The van der Waals surface area contributed by atoms with E-state index in [9.17, 15) is 0 Å². The Morgan fingerprint density at radius 3 is 2.50 bits per heavy atom. The molecule has 14 heavy (non-hydrogen) atoms. The number of aromatic nitrogens is 3. The van der Waals surface area contributed by atoms with Crippen LogP contribution in [0.1, 0.15) is 0 Å². The average molecular weight is 187 g/mol. The molecule has 1 heterocycles. The fraction of sp³-hybridized carbons (Fsp3) is 0. The van der Waals surface area contributed by atoms with Crippen LogP contribution in [0.5, 0.6) is 0 Å². The minimum absolute atomic E-state index is 0.193. The highest BCUT2D eigenvalue weighted by atomic mass is 15.1. The molecule has 4 N–H and O–H groups in total. The van der Waals surface area contributed by atoms with Gasteiger partial charge in [0.25, 0.3) is 0 Å². The minimum atomic E-state index is 0.193. The first-order chi connectivity index (χ1) is 6.77. The van der Waals surface area contributed by atoms with Gasteiger partial charge in [-0.3, -0.25) is 0 Å². The molecule has 1 aromatic heterocycles. The smallest absolute Gasteiger partial charge is 0.223 e. The van der Waals surface area contributed by atoms with Crippen molar-refractivity contribution in [2.75, 3.05) is 11.5 Å². The summed E-state index contributed by atoms with van der Waals surface area (Å²) in [7, 11) is 0. The second kappa shape index (κ2) is 3.29. The van der Waals surface area contributed by atoms with Gasteiger partial charge in [-0.25, -0.2) is 9.97 Å². The van der Waals surface area contributed by atoms with E-state index in [0.717, 1.165) is 5.56 Å². The van der Waals surface area contributed by atoms with Gasteiger partial charge < -0.3 is 11.5 Å². The Morgan fingerprint density at radius 2 is 1.79 bits per heavy atom. The maximum Gasteiger partial charge on any atom is 0.223 e. The van der Waals surface area contributed by atoms with Crippen molar-refractivity contribution >= 4 is 11.6 Å². The molecule has 0 aliphatic carbocycles. The molecule has 1 aromatic carbocycles. The van der Waals surface area contributed by atoms with Crippen LogP contribution in [0.15, 0.2) is 30.6 Å². The molecule has 70 valence electrons. The van der Waals surface area contributed by atoms with Crippen LogP contribution in [0.2, 0.25) is 0 Å². The third-order valence-electron chi connectivity index (χ3n) is 1.79. The van der Waals surface area contributed by atoms with Gasteiger partial charge in [-0.1, -0.05) is 12.1 Å². The molecule has 2 aromatic rings. The lowest BCUT2D eigenvalue weighted by atomic mass is 10.2. The Bertz CT molecular complexity index is 454. The summed E-state index contributed by atoms with van der Waals surface area (Å²) in [6.45, 7) is 0. The Labute approximate surface area is 80.8 Å². The van der Waals surface area contributed by atoms with E-state index in [1.165, 1.54) is 6.33 Å². The largest absolute Gasteiger partial charge is 0.398 e. The van der Waals surface area contributed by atoms with Gasteiger partial charge in [0.05, 0.1) is 0 Å². The standard InChI is InChI=1S/C9H9N5/c10-7-4-2-1-3-6(7)8-12-5-13-9(11)14-8/h1-5H,10H2,(H2,11,12,13,14). The Balaban J connectivity index is 2.55. The highest BCUT2D eigenvalue weighted by molar-refractivity contribution is 5.71. The van der Waals surface area contributed by atoms with E-state index in [4.69, 9.17) is 11.5 Å². The van der Waals surface area contributed by atoms with Crippen molar-refractivity contribution in [2.24, 2.45) is 0 Å². The zero-order valence-corrected chi connectivity index (χ0v) is 7.38. The first-order valence-corrected chi connectivity index (χ1v) is 4.07. The van der Waals surface area contributed by atoms with E-state index < -0.39 is 0 Å². The van der Waals surface area contributed by atoms with E-state index in [1.807, 2.05) is 18.2 Å². The highest BCUT2D eigenvalue weighted by Gasteiger charge is 2.04. The van der Waals surface area contributed by atoms with E-state index in [0.29, 0.717) is 11.5 Å². The molecule has 0 aliphatic rings. The second-order valence-corrected chi connectivity index (χ2v) is 2.75. The quantitative estimate of drug-likeness (QED) is 0.641. The molecule has 0 aliphatic heterocycles. The van der Waals surface area contributed by atoms with Gasteiger partial charge in [0.15, 0.2) is 5.82 Å². The first kappa shape index (κ1) is 8.43. The van der Waals surface area contributed by atoms with Gasteiger partial charge in [-0.2, -0.15) is 4.98 Å². The Hall–Kier alpha value is -2.17. The molecular weight excluding hydrogens is 178 g/mol. The lowest BCUT2D eigenvalue weighted by molar-refractivity contribution is 1.07. The van der Waals surface area contributed by atoms with Crippen molar-refractivity contribution in [3.05, 3.63) is 30.6 Å². The highest BCUT2D eigenvalue weighted by Crippen LogP contribution is 2.21.